The third-order valence-electron chi connectivity index (χ3n) is 5.13. The van der Waals surface area contributed by atoms with Crippen molar-refractivity contribution >= 4 is 27.1 Å². The third kappa shape index (κ3) is 3.41. The summed E-state index contributed by atoms with van der Waals surface area (Å²) < 4.78 is 30.5. The first-order valence-corrected chi connectivity index (χ1v) is 11.9. The van der Waals surface area contributed by atoms with Gasteiger partial charge in [-0.1, -0.05) is 54.6 Å². The fourth-order valence-corrected chi connectivity index (χ4v) is 5.76. The van der Waals surface area contributed by atoms with E-state index in [2.05, 4.69) is 33.6 Å². The first-order chi connectivity index (χ1) is 14.6. The summed E-state index contributed by atoms with van der Waals surface area (Å²) in [5.41, 5.74) is 4.78. The number of para-hydroxylation sites is 1. The van der Waals surface area contributed by atoms with E-state index in [0.29, 0.717) is 9.92 Å². The molecule has 3 heterocycles. The maximum atomic E-state index is 12.7. The van der Waals surface area contributed by atoms with Crippen LogP contribution >= 0.6 is 11.3 Å². The van der Waals surface area contributed by atoms with Gasteiger partial charge in [-0.05, 0) is 35.2 Å². The highest BCUT2D eigenvalue weighted by Gasteiger charge is 2.25. The van der Waals surface area contributed by atoms with Crippen molar-refractivity contribution in [3.05, 3.63) is 107 Å². The van der Waals surface area contributed by atoms with Crippen LogP contribution in [0.4, 0.5) is 0 Å². The zero-order valence-electron chi connectivity index (χ0n) is 16.0. The molecule has 0 unspecified atom stereocenters. The molecule has 0 spiro atoms. The van der Waals surface area contributed by atoms with Gasteiger partial charge in [-0.15, -0.1) is 11.3 Å². The summed E-state index contributed by atoms with van der Waals surface area (Å²) in [7, 11) is -3.58. The second kappa shape index (κ2) is 7.68. The van der Waals surface area contributed by atoms with E-state index in [1.807, 2.05) is 48.7 Å². The predicted octanol–water partition coefficient (Wildman–Crippen LogP) is 4.41. The quantitative estimate of drug-likeness (QED) is 0.507. The smallest absolute Gasteiger partial charge is 0.250 e. The van der Waals surface area contributed by atoms with E-state index in [0.717, 1.165) is 22.5 Å². The first-order valence-electron chi connectivity index (χ1n) is 9.55. The third-order valence-corrected chi connectivity index (χ3v) is 7.92. The maximum Gasteiger partial charge on any atom is 0.250 e. The lowest BCUT2D eigenvalue weighted by molar-refractivity contribution is 0.588. The molecule has 1 aliphatic heterocycles. The zero-order chi connectivity index (χ0) is 20.6. The lowest BCUT2D eigenvalue weighted by Gasteiger charge is -2.16. The Kier molecular flexibility index (Phi) is 4.86. The Balaban J connectivity index is 1.60. The summed E-state index contributed by atoms with van der Waals surface area (Å²) in [4.78, 5) is 5.06. The second-order valence-corrected chi connectivity index (χ2v) is 9.91. The molecule has 1 atom stereocenters. The molecule has 1 N–H and O–H groups in total. The molecule has 0 bridgehead atoms. The molecule has 0 amide bonds. The monoisotopic (exact) mass is 433 g/mol. The predicted molar refractivity (Wildman–Crippen MR) is 120 cm³/mol. The zero-order valence-corrected chi connectivity index (χ0v) is 17.6. The molecule has 5 rings (SSSR count). The highest BCUT2D eigenvalue weighted by Crippen LogP contribution is 2.34. The van der Waals surface area contributed by atoms with E-state index in [4.69, 9.17) is 4.99 Å². The van der Waals surface area contributed by atoms with Crippen LogP contribution in [0.5, 0.6) is 0 Å². The normalized spacial score (nSPS) is 15.7. The van der Waals surface area contributed by atoms with Gasteiger partial charge < -0.3 is 4.57 Å². The van der Waals surface area contributed by atoms with Gasteiger partial charge in [-0.2, -0.15) is 0 Å². The number of hydrogen-bond acceptors (Lipinski definition) is 4. The summed E-state index contributed by atoms with van der Waals surface area (Å²) in [6, 6.07) is 25.3. The van der Waals surface area contributed by atoms with Crippen molar-refractivity contribution in [2.75, 3.05) is 6.54 Å². The van der Waals surface area contributed by atoms with Crippen LogP contribution < -0.4 is 4.72 Å². The molecular weight excluding hydrogens is 414 g/mol. The summed E-state index contributed by atoms with van der Waals surface area (Å²) in [5.74, 6) is 0. The molecule has 0 aliphatic carbocycles. The van der Waals surface area contributed by atoms with Crippen LogP contribution in [-0.4, -0.2) is 25.2 Å². The minimum Gasteiger partial charge on any atom is -0.315 e. The van der Waals surface area contributed by atoms with Crippen LogP contribution in [0, 0.1) is 0 Å². The summed E-state index contributed by atoms with van der Waals surface area (Å²) in [6.45, 7) is 0.113. The van der Waals surface area contributed by atoms with E-state index in [1.165, 1.54) is 11.3 Å². The van der Waals surface area contributed by atoms with E-state index in [-0.39, 0.29) is 12.6 Å². The van der Waals surface area contributed by atoms with Gasteiger partial charge in [0.05, 0.1) is 23.6 Å². The maximum absolute atomic E-state index is 12.7. The topological polar surface area (TPSA) is 63.5 Å². The molecule has 2 aromatic heterocycles. The van der Waals surface area contributed by atoms with Crippen molar-refractivity contribution in [1.29, 1.82) is 0 Å². The highest BCUT2D eigenvalue weighted by atomic mass is 32.2. The molecule has 1 aliphatic rings. The van der Waals surface area contributed by atoms with Crippen molar-refractivity contribution in [1.82, 2.24) is 9.29 Å². The molecule has 0 saturated heterocycles. The van der Waals surface area contributed by atoms with Crippen LogP contribution in [-0.2, 0) is 10.0 Å². The van der Waals surface area contributed by atoms with Crippen molar-refractivity contribution in [3.8, 4) is 5.69 Å². The lowest BCUT2D eigenvalue weighted by Crippen LogP contribution is -2.30. The molecule has 150 valence electrons. The SMILES string of the molecule is O=S(=O)(NCC1=N[C@@H](c2ccccc2)c2ccccc2-n2cccc21)c1cccs1. The molecule has 7 heteroatoms. The van der Waals surface area contributed by atoms with Gasteiger partial charge in [0, 0.05) is 11.8 Å². The Morgan fingerprint density at radius 1 is 0.933 bits per heavy atom. The fourth-order valence-electron chi connectivity index (χ4n) is 3.73. The van der Waals surface area contributed by atoms with Crippen molar-refractivity contribution in [2.45, 2.75) is 10.3 Å². The first kappa shape index (κ1) is 19.0. The summed E-state index contributed by atoms with van der Waals surface area (Å²) in [6.07, 6.45) is 1.99. The molecule has 2 aromatic carbocycles. The average molecular weight is 434 g/mol. The van der Waals surface area contributed by atoms with E-state index >= 15 is 0 Å². The number of fused-ring (bicyclic) bond motifs is 3. The number of nitrogens with zero attached hydrogens (tertiary/aromatic N) is 2. The number of thiophene rings is 1. The van der Waals surface area contributed by atoms with E-state index in [1.54, 1.807) is 17.5 Å². The highest BCUT2D eigenvalue weighted by molar-refractivity contribution is 7.91. The Labute approximate surface area is 179 Å². The Bertz CT molecular complexity index is 1310. The number of benzene rings is 2. The largest absolute Gasteiger partial charge is 0.315 e. The molecule has 4 aromatic rings. The van der Waals surface area contributed by atoms with Crippen LogP contribution in [0.15, 0.2) is 99.6 Å². The van der Waals surface area contributed by atoms with Crippen LogP contribution in [0.25, 0.3) is 5.69 Å². The Hall–Kier alpha value is -3.00. The summed E-state index contributed by atoms with van der Waals surface area (Å²) in [5, 5.41) is 1.75. The van der Waals surface area contributed by atoms with Gasteiger partial charge in [0.15, 0.2) is 0 Å². The van der Waals surface area contributed by atoms with Crippen LogP contribution in [0.1, 0.15) is 22.9 Å². The number of aliphatic imine (C=N–C) groups is 1. The van der Waals surface area contributed by atoms with Crippen molar-refractivity contribution < 1.29 is 8.42 Å². The number of sulfonamides is 1. The van der Waals surface area contributed by atoms with Gasteiger partial charge in [-0.3, -0.25) is 4.99 Å². The molecule has 0 fully saturated rings. The van der Waals surface area contributed by atoms with Crippen LogP contribution in [0.3, 0.4) is 0 Å². The number of hydrogen-bond donors (Lipinski definition) is 1. The molecule has 30 heavy (non-hydrogen) atoms. The van der Waals surface area contributed by atoms with Gasteiger partial charge in [0.25, 0.3) is 0 Å². The van der Waals surface area contributed by atoms with Crippen molar-refractivity contribution in [2.24, 2.45) is 4.99 Å². The lowest BCUT2D eigenvalue weighted by atomic mass is 9.98. The average Bonchev–Trinajstić information content (AvgIpc) is 3.46. The van der Waals surface area contributed by atoms with Gasteiger partial charge >= 0.3 is 0 Å². The Morgan fingerprint density at radius 3 is 2.53 bits per heavy atom. The molecule has 5 nitrogen and oxygen atoms in total. The fraction of sp³-hybridized carbons (Fsp3) is 0.0870. The van der Waals surface area contributed by atoms with Gasteiger partial charge in [0.1, 0.15) is 10.3 Å². The van der Waals surface area contributed by atoms with Gasteiger partial charge in [0.2, 0.25) is 10.0 Å². The standard InChI is InChI=1S/C23H19N3O2S2/c27-30(28,22-13-7-15-29-22)24-16-19-21-12-6-14-26(21)20-11-5-4-10-18(20)23(25-19)17-8-2-1-3-9-17/h1-15,23-24H,16H2/t23-/m0/s1. The minimum atomic E-state index is -3.58. The summed E-state index contributed by atoms with van der Waals surface area (Å²) >= 11 is 1.20. The van der Waals surface area contributed by atoms with Crippen LogP contribution in [0.2, 0.25) is 0 Å². The Morgan fingerprint density at radius 2 is 1.73 bits per heavy atom. The number of aromatic nitrogens is 1. The van der Waals surface area contributed by atoms with E-state index < -0.39 is 10.0 Å². The van der Waals surface area contributed by atoms with E-state index in [9.17, 15) is 8.42 Å². The van der Waals surface area contributed by atoms with Crippen molar-refractivity contribution in [3.63, 3.8) is 0 Å². The second-order valence-electron chi connectivity index (χ2n) is 6.97. The number of rotatable bonds is 5. The molecule has 0 radical (unpaired) electrons. The number of nitrogens with one attached hydrogen (secondary N) is 1. The molecule has 0 saturated carbocycles. The minimum absolute atomic E-state index is 0.113. The van der Waals surface area contributed by atoms with Gasteiger partial charge in [-0.25, -0.2) is 13.1 Å². The molecular formula is C23H19N3O2S2.